The minimum atomic E-state index is -4.74. The van der Waals surface area contributed by atoms with E-state index >= 15 is 0 Å². The van der Waals surface area contributed by atoms with Crippen molar-refractivity contribution in [2.24, 2.45) is 5.16 Å². The predicted octanol–water partition coefficient (Wildman–Crippen LogP) is 6.11. The molecule has 0 aliphatic carbocycles. The molecule has 0 bridgehead atoms. The first-order chi connectivity index (χ1) is 14.2. The summed E-state index contributed by atoms with van der Waals surface area (Å²) >= 11 is 11.8. The lowest BCUT2D eigenvalue weighted by molar-refractivity contribution is -0.275. The minimum absolute atomic E-state index is 0.00622. The largest absolute Gasteiger partial charge is 0.435 e. The van der Waals surface area contributed by atoms with E-state index in [0.717, 1.165) is 18.9 Å². The number of rotatable bonds is 6. The van der Waals surface area contributed by atoms with E-state index in [1.54, 1.807) is 24.3 Å². The Morgan fingerprint density at radius 1 is 1.17 bits per heavy atom. The van der Waals surface area contributed by atoms with Gasteiger partial charge in [-0.25, -0.2) is 0 Å². The second-order valence-corrected chi connectivity index (χ2v) is 7.76. The normalized spacial score (nSPS) is 18.7. The average molecular weight is 459 g/mol. The Morgan fingerprint density at radius 3 is 2.47 bits per heavy atom. The van der Waals surface area contributed by atoms with Crippen molar-refractivity contribution in [1.82, 2.24) is 5.32 Å². The second-order valence-electron chi connectivity index (χ2n) is 6.95. The molecule has 0 spiro atoms. The Bertz CT molecular complexity index is 962. The number of halogens is 5. The highest BCUT2D eigenvalue weighted by atomic mass is 35.5. The van der Waals surface area contributed by atoms with Gasteiger partial charge in [0.15, 0.2) is 0 Å². The maximum atomic E-state index is 14.0. The molecule has 1 N–H and O–H groups in total. The Balaban J connectivity index is 1.82. The van der Waals surface area contributed by atoms with Crippen LogP contribution >= 0.6 is 23.2 Å². The van der Waals surface area contributed by atoms with Gasteiger partial charge in [0.1, 0.15) is 0 Å². The third-order valence-electron chi connectivity index (χ3n) is 4.87. The summed E-state index contributed by atoms with van der Waals surface area (Å²) in [4.78, 5) is 17.1. The van der Waals surface area contributed by atoms with Crippen LogP contribution in [-0.2, 0) is 10.4 Å². The number of benzene rings is 2. The highest BCUT2D eigenvalue weighted by molar-refractivity contribution is 6.42. The molecular weight excluding hydrogens is 440 g/mol. The third kappa shape index (κ3) is 4.42. The Kier molecular flexibility index (Phi) is 6.62. The van der Waals surface area contributed by atoms with Gasteiger partial charge in [0.2, 0.25) is 0 Å². The maximum Gasteiger partial charge on any atom is 0.435 e. The Labute approximate surface area is 182 Å². The molecule has 0 fully saturated rings. The van der Waals surface area contributed by atoms with Crippen LogP contribution in [0.4, 0.5) is 13.2 Å². The number of alkyl halides is 3. The van der Waals surface area contributed by atoms with Gasteiger partial charge in [-0.2, -0.15) is 13.2 Å². The lowest BCUT2D eigenvalue weighted by Gasteiger charge is -2.29. The zero-order chi connectivity index (χ0) is 21.9. The molecule has 2 aromatic carbocycles. The molecule has 1 amide bonds. The van der Waals surface area contributed by atoms with Crippen molar-refractivity contribution in [2.75, 3.05) is 6.54 Å². The van der Waals surface area contributed by atoms with E-state index in [9.17, 15) is 18.0 Å². The molecule has 2 aromatic rings. The standard InChI is InChI=1S/C21H19Cl2F3N2O2/c1-2-3-10-27-19(29)14-6-4-13(5-7-14)18-12-20(30-28-18,21(24,25)26)15-8-9-16(22)17(23)11-15/h4-9,11H,2-3,10,12H2,1H3,(H,27,29). The predicted molar refractivity (Wildman–Crippen MR) is 110 cm³/mol. The zero-order valence-electron chi connectivity index (χ0n) is 16.0. The highest BCUT2D eigenvalue weighted by Gasteiger charge is 2.62. The summed E-state index contributed by atoms with van der Waals surface area (Å²) in [6.07, 6.45) is -3.45. The molecule has 9 heteroatoms. The fourth-order valence-corrected chi connectivity index (χ4v) is 3.40. The quantitative estimate of drug-likeness (QED) is 0.531. The first-order valence-electron chi connectivity index (χ1n) is 9.34. The van der Waals surface area contributed by atoms with Crippen LogP contribution < -0.4 is 5.32 Å². The fraction of sp³-hybridized carbons (Fsp3) is 0.333. The third-order valence-corrected chi connectivity index (χ3v) is 5.61. The first-order valence-corrected chi connectivity index (χ1v) is 10.1. The number of nitrogens with one attached hydrogen (secondary N) is 1. The number of hydrogen-bond donors (Lipinski definition) is 1. The molecule has 4 nitrogen and oxygen atoms in total. The van der Waals surface area contributed by atoms with E-state index in [1.165, 1.54) is 12.1 Å². The van der Waals surface area contributed by atoms with Gasteiger partial charge in [0.05, 0.1) is 15.8 Å². The van der Waals surface area contributed by atoms with Gasteiger partial charge < -0.3 is 10.2 Å². The summed E-state index contributed by atoms with van der Waals surface area (Å²) in [6, 6.07) is 9.86. The van der Waals surface area contributed by atoms with Crippen molar-refractivity contribution >= 4 is 34.8 Å². The van der Waals surface area contributed by atoms with Gasteiger partial charge in [-0.1, -0.05) is 59.9 Å². The fourth-order valence-electron chi connectivity index (χ4n) is 3.10. The SMILES string of the molecule is CCCCNC(=O)c1ccc(C2=NOC(c3ccc(Cl)c(Cl)c3)(C(F)(F)F)C2)cc1. The summed E-state index contributed by atoms with van der Waals surface area (Å²) in [5.41, 5.74) is -1.87. The molecule has 3 rings (SSSR count). The van der Waals surface area contributed by atoms with Gasteiger partial charge >= 0.3 is 6.18 Å². The van der Waals surface area contributed by atoms with Crippen molar-refractivity contribution in [3.63, 3.8) is 0 Å². The molecule has 0 aromatic heterocycles. The van der Waals surface area contributed by atoms with Crippen molar-refractivity contribution in [1.29, 1.82) is 0 Å². The van der Waals surface area contributed by atoms with Crippen LogP contribution in [0.1, 0.15) is 47.7 Å². The van der Waals surface area contributed by atoms with Crippen LogP contribution in [-0.4, -0.2) is 24.3 Å². The summed E-state index contributed by atoms with van der Waals surface area (Å²) in [6.45, 7) is 2.58. The van der Waals surface area contributed by atoms with Crippen LogP contribution in [0.25, 0.3) is 0 Å². The molecule has 1 atom stereocenters. The summed E-state index contributed by atoms with van der Waals surface area (Å²) in [5.74, 6) is -0.236. The van der Waals surface area contributed by atoms with E-state index < -0.39 is 18.2 Å². The van der Waals surface area contributed by atoms with E-state index in [0.29, 0.717) is 17.7 Å². The number of amides is 1. The van der Waals surface area contributed by atoms with Crippen LogP contribution in [0, 0.1) is 0 Å². The molecule has 0 saturated heterocycles. The molecule has 1 aliphatic heterocycles. The maximum absolute atomic E-state index is 14.0. The van der Waals surface area contributed by atoms with Crippen LogP contribution in [0.15, 0.2) is 47.6 Å². The van der Waals surface area contributed by atoms with E-state index in [4.69, 9.17) is 28.0 Å². The van der Waals surface area contributed by atoms with Gasteiger partial charge in [-0.3, -0.25) is 4.79 Å². The lowest BCUT2D eigenvalue weighted by Crippen LogP contribution is -2.42. The van der Waals surface area contributed by atoms with Crippen molar-refractivity contribution in [3.05, 3.63) is 69.2 Å². The highest BCUT2D eigenvalue weighted by Crippen LogP contribution is 2.49. The lowest BCUT2D eigenvalue weighted by atomic mass is 9.86. The average Bonchev–Trinajstić information content (AvgIpc) is 3.17. The van der Waals surface area contributed by atoms with E-state index in [2.05, 4.69) is 10.5 Å². The number of nitrogens with zero attached hydrogens (tertiary/aromatic N) is 1. The number of oxime groups is 1. The molecule has 1 heterocycles. The first kappa shape index (κ1) is 22.4. The molecule has 1 unspecified atom stereocenters. The zero-order valence-corrected chi connectivity index (χ0v) is 17.5. The van der Waals surface area contributed by atoms with E-state index in [1.807, 2.05) is 6.92 Å². The topological polar surface area (TPSA) is 50.7 Å². The Hall–Kier alpha value is -2.25. The van der Waals surface area contributed by atoms with Crippen molar-refractivity contribution < 1.29 is 22.8 Å². The second kappa shape index (κ2) is 8.86. The number of hydrogen-bond acceptors (Lipinski definition) is 3. The number of carbonyl (C=O) groups excluding carboxylic acids is 1. The molecule has 30 heavy (non-hydrogen) atoms. The van der Waals surface area contributed by atoms with Gasteiger partial charge in [0, 0.05) is 24.1 Å². The molecule has 0 saturated carbocycles. The van der Waals surface area contributed by atoms with Gasteiger partial charge in [0.25, 0.3) is 11.5 Å². The number of unbranched alkanes of at least 4 members (excludes halogenated alkanes) is 1. The van der Waals surface area contributed by atoms with Crippen LogP contribution in [0.3, 0.4) is 0 Å². The molecular formula is C21H19Cl2F3N2O2. The van der Waals surface area contributed by atoms with Crippen molar-refractivity contribution in [3.8, 4) is 0 Å². The summed E-state index contributed by atoms with van der Waals surface area (Å²) in [5, 5.41) is 6.63. The molecule has 160 valence electrons. The van der Waals surface area contributed by atoms with Crippen molar-refractivity contribution in [2.45, 2.75) is 38.0 Å². The molecule has 0 radical (unpaired) electrons. The Morgan fingerprint density at radius 2 is 1.87 bits per heavy atom. The minimum Gasteiger partial charge on any atom is -0.374 e. The number of carbonyl (C=O) groups is 1. The van der Waals surface area contributed by atoms with Gasteiger partial charge in [-0.15, -0.1) is 0 Å². The summed E-state index contributed by atoms with van der Waals surface area (Å²) in [7, 11) is 0. The smallest absolute Gasteiger partial charge is 0.374 e. The van der Waals surface area contributed by atoms with Crippen LogP contribution in [0.5, 0.6) is 0 Å². The van der Waals surface area contributed by atoms with E-state index in [-0.39, 0.29) is 27.2 Å². The summed E-state index contributed by atoms with van der Waals surface area (Å²) < 4.78 is 42.0. The molecule has 1 aliphatic rings. The monoisotopic (exact) mass is 458 g/mol. The van der Waals surface area contributed by atoms with Gasteiger partial charge in [-0.05, 0) is 36.2 Å². The van der Waals surface area contributed by atoms with Crippen LogP contribution in [0.2, 0.25) is 10.0 Å².